The molecule has 0 aliphatic carbocycles. The van der Waals surface area contributed by atoms with E-state index in [2.05, 4.69) is 23.6 Å². The largest absolute Gasteiger partial charge is 0.493 e. The first-order chi connectivity index (χ1) is 11.6. The van der Waals surface area contributed by atoms with Crippen LogP contribution in [0, 0.1) is 5.92 Å². The summed E-state index contributed by atoms with van der Waals surface area (Å²) in [6.45, 7) is 7.27. The highest BCUT2D eigenvalue weighted by molar-refractivity contribution is 5.92. The molecule has 0 radical (unpaired) electrons. The van der Waals surface area contributed by atoms with Gasteiger partial charge >= 0.3 is 0 Å². The molecule has 128 valence electrons. The summed E-state index contributed by atoms with van der Waals surface area (Å²) in [5, 5.41) is 6.28. The Balaban J connectivity index is 1.94. The fourth-order valence-electron chi connectivity index (χ4n) is 2.16. The number of carbonyl (C=O) groups excluding carboxylic acids is 1. The van der Waals surface area contributed by atoms with Crippen LogP contribution in [0.2, 0.25) is 0 Å². The van der Waals surface area contributed by atoms with Crippen LogP contribution in [0.3, 0.4) is 0 Å². The van der Waals surface area contributed by atoms with Gasteiger partial charge in [-0.1, -0.05) is 39.0 Å². The van der Waals surface area contributed by atoms with Crippen molar-refractivity contribution in [3.8, 4) is 5.75 Å². The Morgan fingerprint density at radius 3 is 2.38 bits per heavy atom. The second-order valence-electron chi connectivity index (χ2n) is 6.03. The average Bonchev–Trinajstić information content (AvgIpc) is 2.60. The van der Waals surface area contributed by atoms with Crippen molar-refractivity contribution in [2.75, 3.05) is 17.2 Å². The molecular formula is C20H26N2O2. The van der Waals surface area contributed by atoms with Crippen molar-refractivity contribution in [3.05, 3.63) is 54.1 Å². The fourth-order valence-corrected chi connectivity index (χ4v) is 2.16. The maximum atomic E-state index is 11.7. The molecule has 0 fully saturated rings. The van der Waals surface area contributed by atoms with Gasteiger partial charge in [0.25, 0.3) is 0 Å². The molecule has 1 amide bonds. The molecule has 0 spiro atoms. The molecule has 0 bridgehead atoms. The Kier molecular flexibility index (Phi) is 6.67. The van der Waals surface area contributed by atoms with Crippen molar-refractivity contribution in [3.63, 3.8) is 0 Å². The minimum Gasteiger partial charge on any atom is -0.493 e. The van der Waals surface area contributed by atoms with Gasteiger partial charge in [-0.15, -0.1) is 0 Å². The van der Waals surface area contributed by atoms with Crippen molar-refractivity contribution < 1.29 is 9.53 Å². The fraction of sp³-hybridized carbons (Fsp3) is 0.350. The standard InChI is InChI=1S/C20H26N2O2/c1-4-13-24-19-8-6-5-7-16(19)14-21-17-9-11-18(12-10-17)22-20(23)15(2)3/h5-12,15,21H,4,13-14H2,1-3H3,(H,22,23). The van der Waals surface area contributed by atoms with E-state index in [1.165, 1.54) is 0 Å². The van der Waals surface area contributed by atoms with E-state index in [4.69, 9.17) is 4.74 Å². The molecule has 4 nitrogen and oxygen atoms in total. The monoisotopic (exact) mass is 326 g/mol. The van der Waals surface area contributed by atoms with Crippen molar-refractivity contribution in [1.29, 1.82) is 0 Å². The number of amides is 1. The number of benzene rings is 2. The summed E-state index contributed by atoms with van der Waals surface area (Å²) in [5.41, 5.74) is 2.94. The Morgan fingerprint density at radius 2 is 1.71 bits per heavy atom. The smallest absolute Gasteiger partial charge is 0.226 e. The van der Waals surface area contributed by atoms with E-state index in [1.54, 1.807) is 0 Å². The van der Waals surface area contributed by atoms with Crippen LogP contribution in [0.1, 0.15) is 32.8 Å². The minimum absolute atomic E-state index is 0.0255. The number of anilines is 2. The lowest BCUT2D eigenvalue weighted by Crippen LogP contribution is -2.17. The zero-order valence-electron chi connectivity index (χ0n) is 14.6. The molecule has 2 aromatic carbocycles. The lowest BCUT2D eigenvalue weighted by molar-refractivity contribution is -0.118. The lowest BCUT2D eigenvalue weighted by Gasteiger charge is -2.13. The summed E-state index contributed by atoms with van der Waals surface area (Å²) in [7, 11) is 0. The highest BCUT2D eigenvalue weighted by Crippen LogP contribution is 2.21. The van der Waals surface area contributed by atoms with Crippen LogP contribution in [0.15, 0.2) is 48.5 Å². The second-order valence-corrected chi connectivity index (χ2v) is 6.03. The van der Waals surface area contributed by atoms with Crippen LogP contribution in [0.4, 0.5) is 11.4 Å². The van der Waals surface area contributed by atoms with E-state index in [0.717, 1.165) is 35.7 Å². The second kappa shape index (κ2) is 8.96. The van der Waals surface area contributed by atoms with Gasteiger partial charge in [0.1, 0.15) is 5.75 Å². The molecule has 0 aromatic heterocycles. The zero-order chi connectivity index (χ0) is 17.4. The molecular weight excluding hydrogens is 300 g/mol. The summed E-state index contributed by atoms with van der Waals surface area (Å²) >= 11 is 0. The predicted molar refractivity (Wildman–Crippen MR) is 99.5 cm³/mol. The van der Waals surface area contributed by atoms with E-state index in [1.807, 2.05) is 56.3 Å². The van der Waals surface area contributed by atoms with Crippen molar-refractivity contribution in [1.82, 2.24) is 0 Å². The van der Waals surface area contributed by atoms with Gasteiger partial charge in [-0.05, 0) is 36.8 Å². The third-order valence-corrected chi connectivity index (χ3v) is 3.59. The molecule has 0 aliphatic rings. The van der Waals surface area contributed by atoms with Crippen LogP contribution in [-0.4, -0.2) is 12.5 Å². The maximum Gasteiger partial charge on any atom is 0.226 e. The highest BCUT2D eigenvalue weighted by Gasteiger charge is 2.07. The predicted octanol–water partition coefficient (Wildman–Crippen LogP) is 4.68. The van der Waals surface area contributed by atoms with Crippen LogP contribution in [0.25, 0.3) is 0 Å². The SMILES string of the molecule is CCCOc1ccccc1CNc1ccc(NC(=O)C(C)C)cc1. The Hall–Kier alpha value is -2.49. The molecule has 0 saturated heterocycles. The Morgan fingerprint density at radius 1 is 1.04 bits per heavy atom. The topological polar surface area (TPSA) is 50.4 Å². The number of nitrogens with one attached hydrogen (secondary N) is 2. The van der Waals surface area contributed by atoms with Crippen LogP contribution < -0.4 is 15.4 Å². The molecule has 4 heteroatoms. The van der Waals surface area contributed by atoms with Gasteiger partial charge in [-0.25, -0.2) is 0 Å². The summed E-state index contributed by atoms with van der Waals surface area (Å²) in [4.78, 5) is 11.7. The first-order valence-corrected chi connectivity index (χ1v) is 8.45. The highest BCUT2D eigenvalue weighted by atomic mass is 16.5. The van der Waals surface area contributed by atoms with E-state index in [0.29, 0.717) is 6.54 Å². The van der Waals surface area contributed by atoms with Gasteiger partial charge in [0.15, 0.2) is 0 Å². The number of ether oxygens (including phenoxy) is 1. The molecule has 2 rings (SSSR count). The van der Waals surface area contributed by atoms with Gasteiger partial charge in [0, 0.05) is 29.4 Å². The van der Waals surface area contributed by atoms with Crippen molar-refractivity contribution >= 4 is 17.3 Å². The zero-order valence-corrected chi connectivity index (χ0v) is 14.6. The Bertz CT molecular complexity index is 651. The van der Waals surface area contributed by atoms with Gasteiger partial charge in [-0.2, -0.15) is 0 Å². The quantitative estimate of drug-likeness (QED) is 0.740. The van der Waals surface area contributed by atoms with Crippen LogP contribution in [0.5, 0.6) is 5.75 Å². The summed E-state index contributed by atoms with van der Waals surface area (Å²) in [5.74, 6) is 0.924. The third-order valence-electron chi connectivity index (χ3n) is 3.59. The molecule has 0 unspecified atom stereocenters. The number of carbonyl (C=O) groups is 1. The number of hydrogen-bond acceptors (Lipinski definition) is 3. The van der Waals surface area contributed by atoms with Gasteiger partial charge in [0.05, 0.1) is 6.61 Å². The number of rotatable bonds is 8. The normalized spacial score (nSPS) is 10.5. The molecule has 2 aromatic rings. The minimum atomic E-state index is -0.0255. The molecule has 0 saturated carbocycles. The first kappa shape index (κ1) is 17.9. The molecule has 0 heterocycles. The number of para-hydroxylation sites is 1. The van der Waals surface area contributed by atoms with E-state index < -0.39 is 0 Å². The van der Waals surface area contributed by atoms with Gasteiger partial charge < -0.3 is 15.4 Å². The third kappa shape index (κ3) is 5.30. The van der Waals surface area contributed by atoms with Crippen molar-refractivity contribution in [2.24, 2.45) is 5.92 Å². The Labute approximate surface area is 144 Å². The average molecular weight is 326 g/mol. The van der Waals surface area contributed by atoms with Crippen LogP contribution >= 0.6 is 0 Å². The lowest BCUT2D eigenvalue weighted by atomic mass is 10.2. The molecule has 0 aliphatic heterocycles. The van der Waals surface area contributed by atoms with Crippen LogP contribution in [-0.2, 0) is 11.3 Å². The van der Waals surface area contributed by atoms with E-state index in [9.17, 15) is 4.79 Å². The van der Waals surface area contributed by atoms with Gasteiger partial charge in [-0.3, -0.25) is 4.79 Å². The van der Waals surface area contributed by atoms with Gasteiger partial charge in [0.2, 0.25) is 5.91 Å². The van der Waals surface area contributed by atoms with E-state index in [-0.39, 0.29) is 11.8 Å². The summed E-state index contributed by atoms with van der Waals surface area (Å²) in [6, 6.07) is 15.8. The van der Waals surface area contributed by atoms with E-state index >= 15 is 0 Å². The maximum absolute atomic E-state index is 11.7. The van der Waals surface area contributed by atoms with Crippen molar-refractivity contribution in [2.45, 2.75) is 33.7 Å². The number of hydrogen-bond donors (Lipinski definition) is 2. The molecule has 2 N–H and O–H groups in total. The summed E-state index contributed by atoms with van der Waals surface area (Å²) < 4.78 is 5.77. The first-order valence-electron chi connectivity index (χ1n) is 8.45. The molecule has 0 atom stereocenters. The summed E-state index contributed by atoms with van der Waals surface area (Å²) in [6.07, 6.45) is 0.991. The molecule has 24 heavy (non-hydrogen) atoms.